The van der Waals surface area contributed by atoms with Crippen LogP contribution in [0.15, 0.2) is 18.2 Å². The van der Waals surface area contributed by atoms with E-state index in [1.54, 1.807) is 6.07 Å². The fourth-order valence-electron chi connectivity index (χ4n) is 3.63. The van der Waals surface area contributed by atoms with E-state index in [2.05, 4.69) is 18.9 Å². The summed E-state index contributed by atoms with van der Waals surface area (Å²) in [6.07, 6.45) is 6.46. The van der Waals surface area contributed by atoms with Crippen molar-refractivity contribution in [2.24, 2.45) is 11.7 Å². The van der Waals surface area contributed by atoms with Gasteiger partial charge < -0.3 is 5.73 Å². The summed E-state index contributed by atoms with van der Waals surface area (Å²) in [5.74, 6) is 0.764. The molecule has 0 bridgehead atoms. The van der Waals surface area contributed by atoms with Crippen LogP contribution in [-0.4, -0.2) is 24.5 Å². The molecule has 0 spiro atoms. The Morgan fingerprint density at radius 2 is 1.95 bits per heavy atom. The molecule has 1 fully saturated rings. The number of halogens is 1. The number of hydrogen-bond acceptors (Lipinski definition) is 2. The Labute approximate surface area is 128 Å². The highest BCUT2D eigenvalue weighted by atomic mass is 19.1. The van der Waals surface area contributed by atoms with Crippen molar-refractivity contribution in [3.05, 3.63) is 35.1 Å². The summed E-state index contributed by atoms with van der Waals surface area (Å²) in [5.41, 5.74) is 7.86. The van der Waals surface area contributed by atoms with Gasteiger partial charge in [-0.25, -0.2) is 4.39 Å². The van der Waals surface area contributed by atoms with Gasteiger partial charge in [-0.05, 0) is 62.8 Å². The van der Waals surface area contributed by atoms with Crippen LogP contribution in [0.4, 0.5) is 4.39 Å². The second-order valence-electron chi connectivity index (χ2n) is 6.51. The number of nitrogens with zero attached hydrogens (tertiary/aromatic N) is 1. The molecule has 0 aliphatic heterocycles. The van der Waals surface area contributed by atoms with E-state index in [0.29, 0.717) is 18.2 Å². The number of rotatable bonds is 5. The van der Waals surface area contributed by atoms with Crippen LogP contribution in [0, 0.1) is 18.7 Å². The lowest BCUT2D eigenvalue weighted by molar-refractivity contribution is 0.122. The van der Waals surface area contributed by atoms with Crippen molar-refractivity contribution < 1.29 is 4.39 Å². The summed E-state index contributed by atoms with van der Waals surface area (Å²) >= 11 is 0. The first-order valence-electron chi connectivity index (χ1n) is 8.24. The monoisotopic (exact) mass is 292 g/mol. The highest BCUT2D eigenvalue weighted by Gasteiger charge is 2.27. The zero-order valence-corrected chi connectivity index (χ0v) is 13.6. The molecule has 1 aliphatic carbocycles. The van der Waals surface area contributed by atoms with Gasteiger partial charge in [-0.15, -0.1) is 0 Å². The van der Waals surface area contributed by atoms with Crippen LogP contribution in [0.2, 0.25) is 0 Å². The molecule has 1 unspecified atom stereocenters. The van der Waals surface area contributed by atoms with E-state index in [0.717, 1.165) is 11.5 Å². The van der Waals surface area contributed by atoms with Crippen LogP contribution in [0.25, 0.3) is 0 Å². The number of benzene rings is 1. The molecule has 2 rings (SSSR count). The van der Waals surface area contributed by atoms with Gasteiger partial charge in [0.2, 0.25) is 0 Å². The molecule has 0 saturated heterocycles. The third-order valence-corrected chi connectivity index (χ3v) is 5.25. The smallest absolute Gasteiger partial charge is 0.126 e. The Hall–Kier alpha value is -0.930. The van der Waals surface area contributed by atoms with Crippen LogP contribution in [-0.2, 0) is 0 Å². The molecule has 2 N–H and O–H groups in total. The topological polar surface area (TPSA) is 29.3 Å². The average molecular weight is 292 g/mol. The fraction of sp³-hybridized carbons (Fsp3) is 0.667. The third-order valence-electron chi connectivity index (χ3n) is 5.25. The minimum Gasteiger partial charge on any atom is -0.329 e. The molecule has 0 amide bonds. The summed E-state index contributed by atoms with van der Waals surface area (Å²) in [7, 11) is 2.17. The van der Waals surface area contributed by atoms with Crippen molar-refractivity contribution in [2.45, 2.75) is 58.0 Å². The van der Waals surface area contributed by atoms with E-state index < -0.39 is 0 Å². The van der Waals surface area contributed by atoms with Gasteiger partial charge in [0, 0.05) is 18.6 Å². The zero-order chi connectivity index (χ0) is 15.4. The maximum Gasteiger partial charge on any atom is 0.126 e. The third kappa shape index (κ3) is 3.83. The summed E-state index contributed by atoms with van der Waals surface area (Å²) in [4.78, 5) is 2.42. The van der Waals surface area contributed by atoms with E-state index in [1.165, 1.54) is 32.1 Å². The Kier molecular flexibility index (Phi) is 5.77. The van der Waals surface area contributed by atoms with Crippen LogP contribution < -0.4 is 5.73 Å². The van der Waals surface area contributed by atoms with Gasteiger partial charge in [0.1, 0.15) is 5.82 Å². The first-order valence-corrected chi connectivity index (χ1v) is 8.24. The number of hydrogen-bond donors (Lipinski definition) is 1. The minimum absolute atomic E-state index is 0.138. The molecule has 118 valence electrons. The van der Waals surface area contributed by atoms with Crippen LogP contribution in [0.5, 0.6) is 0 Å². The average Bonchev–Trinajstić information content (AvgIpc) is 2.51. The number of aryl methyl sites for hydroxylation is 1. The molecule has 21 heavy (non-hydrogen) atoms. The molecule has 1 aromatic carbocycles. The van der Waals surface area contributed by atoms with Crippen molar-refractivity contribution >= 4 is 0 Å². The molecule has 0 heterocycles. The normalized spacial score (nSPS) is 24.3. The van der Waals surface area contributed by atoms with E-state index in [1.807, 2.05) is 19.1 Å². The summed E-state index contributed by atoms with van der Waals surface area (Å²) in [5, 5.41) is 0. The molecule has 1 saturated carbocycles. The number of likely N-dealkylation sites (N-methyl/N-ethyl adjacent to an activating group) is 1. The first-order chi connectivity index (χ1) is 10.1. The predicted octanol–water partition coefficient (Wildman–Crippen LogP) is 4.03. The van der Waals surface area contributed by atoms with Crippen LogP contribution in [0.1, 0.15) is 56.2 Å². The standard InChI is InChI=1S/C18H29FN2/c1-4-14-5-8-16(9-6-14)21(3)18(12-20)15-7-10-17(19)13(2)11-15/h7,10-11,14,16,18H,4-6,8-9,12,20H2,1-3H3. The number of nitrogens with two attached hydrogens (primary N) is 1. The Balaban J connectivity index is 2.08. The van der Waals surface area contributed by atoms with Gasteiger partial charge in [-0.2, -0.15) is 0 Å². The van der Waals surface area contributed by atoms with E-state index in [-0.39, 0.29) is 11.9 Å². The summed E-state index contributed by atoms with van der Waals surface area (Å²) in [6.45, 7) is 4.69. The van der Waals surface area contributed by atoms with Crippen molar-refractivity contribution in [3.8, 4) is 0 Å². The zero-order valence-electron chi connectivity index (χ0n) is 13.6. The van der Waals surface area contributed by atoms with Gasteiger partial charge in [-0.1, -0.05) is 25.5 Å². The summed E-state index contributed by atoms with van der Waals surface area (Å²) < 4.78 is 13.5. The highest BCUT2D eigenvalue weighted by molar-refractivity contribution is 5.27. The van der Waals surface area contributed by atoms with Gasteiger partial charge in [-0.3, -0.25) is 4.90 Å². The van der Waals surface area contributed by atoms with E-state index in [9.17, 15) is 4.39 Å². The SMILES string of the molecule is CCC1CCC(N(C)C(CN)c2ccc(F)c(C)c2)CC1. The molecule has 0 aromatic heterocycles. The molecule has 1 atom stereocenters. The lowest BCUT2D eigenvalue weighted by atomic mass is 9.83. The highest BCUT2D eigenvalue weighted by Crippen LogP contribution is 2.32. The lowest BCUT2D eigenvalue weighted by Gasteiger charge is -2.39. The molecule has 1 aromatic rings. The second-order valence-corrected chi connectivity index (χ2v) is 6.51. The van der Waals surface area contributed by atoms with Crippen molar-refractivity contribution in [3.63, 3.8) is 0 Å². The molecule has 3 heteroatoms. The van der Waals surface area contributed by atoms with E-state index >= 15 is 0 Å². The van der Waals surface area contributed by atoms with Crippen molar-refractivity contribution in [1.29, 1.82) is 0 Å². The Bertz CT molecular complexity index is 453. The lowest BCUT2D eigenvalue weighted by Crippen LogP contribution is -2.40. The minimum atomic E-state index is -0.138. The maximum absolute atomic E-state index is 13.5. The molecule has 0 radical (unpaired) electrons. The maximum atomic E-state index is 13.5. The Morgan fingerprint density at radius 1 is 1.29 bits per heavy atom. The van der Waals surface area contributed by atoms with Crippen LogP contribution in [0.3, 0.4) is 0 Å². The molecular weight excluding hydrogens is 263 g/mol. The van der Waals surface area contributed by atoms with E-state index in [4.69, 9.17) is 5.73 Å². The summed E-state index contributed by atoms with van der Waals surface area (Å²) in [6, 6.07) is 6.18. The van der Waals surface area contributed by atoms with Crippen LogP contribution >= 0.6 is 0 Å². The van der Waals surface area contributed by atoms with Gasteiger partial charge >= 0.3 is 0 Å². The van der Waals surface area contributed by atoms with Gasteiger partial charge in [0.15, 0.2) is 0 Å². The molecule has 1 aliphatic rings. The van der Waals surface area contributed by atoms with Crippen molar-refractivity contribution in [1.82, 2.24) is 4.90 Å². The largest absolute Gasteiger partial charge is 0.329 e. The second kappa shape index (κ2) is 7.37. The predicted molar refractivity (Wildman–Crippen MR) is 86.7 cm³/mol. The van der Waals surface area contributed by atoms with Gasteiger partial charge in [0.05, 0.1) is 0 Å². The Morgan fingerprint density at radius 3 is 2.48 bits per heavy atom. The fourth-order valence-corrected chi connectivity index (χ4v) is 3.63. The molecule has 2 nitrogen and oxygen atoms in total. The van der Waals surface area contributed by atoms with Gasteiger partial charge in [0.25, 0.3) is 0 Å². The van der Waals surface area contributed by atoms with Crippen molar-refractivity contribution in [2.75, 3.05) is 13.6 Å². The first kappa shape index (κ1) is 16.4. The molecular formula is C18H29FN2. The quantitative estimate of drug-likeness (QED) is 0.887.